The van der Waals surface area contributed by atoms with Crippen LogP contribution in [-0.4, -0.2) is 29.9 Å². The largest absolute Gasteiger partial charge is 0.261 e. The number of aromatic nitrogens is 6. The molecule has 0 bridgehead atoms. The van der Waals surface area contributed by atoms with Crippen LogP contribution in [0.4, 0.5) is 0 Å². The van der Waals surface area contributed by atoms with Gasteiger partial charge in [0, 0.05) is 42.9 Å². The van der Waals surface area contributed by atoms with Crippen molar-refractivity contribution in [1.82, 2.24) is 29.9 Å². The monoisotopic (exact) mass is 372 g/mol. The molecule has 0 aromatic carbocycles. The predicted octanol–water partition coefficient (Wildman–Crippen LogP) is 5.43. The second kappa shape index (κ2) is 25.5. The van der Waals surface area contributed by atoms with Crippen molar-refractivity contribution in [2.75, 3.05) is 0 Å². The molecule has 0 radical (unpaired) electrons. The molecule has 0 fully saturated rings. The molecular formula is C21H36N6. The summed E-state index contributed by atoms with van der Waals surface area (Å²) in [5.41, 5.74) is 3.07. The molecule has 0 unspecified atom stereocenters. The number of nitrogens with zero attached hydrogens (tertiary/aromatic N) is 6. The Bertz CT molecular complexity index is 500. The van der Waals surface area contributed by atoms with Gasteiger partial charge in [-0.05, 0) is 32.4 Å². The summed E-state index contributed by atoms with van der Waals surface area (Å²) in [6.07, 6.45) is 13.4. The molecule has 0 amide bonds. The maximum absolute atomic E-state index is 3.92. The zero-order valence-electron chi connectivity index (χ0n) is 18.4. The standard InChI is InChI=1S/3C5H6N2.3C2H6/c1-5-2-6-4-7-3-5;1-5-4-6-2-3-7-5;1-5-2-3-6-4-7-5;3*1-2/h3*2-4H,1H3;3*1-2H3. The molecule has 3 rings (SSSR count). The van der Waals surface area contributed by atoms with E-state index in [2.05, 4.69) is 29.9 Å². The lowest BCUT2D eigenvalue weighted by atomic mass is 10.4. The Kier molecular flexibility index (Phi) is 27.4. The number of hydrogen-bond acceptors (Lipinski definition) is 6. The van der Waals surface area contributed by atoms with Crippen molar-refractivity contribution >= 4 is 0 Å². The highest BCUT2D eigenvalue weighted by molar-refractivity contribution is 4.97. The van der Waals surface area contributed by atoms with Crippen LogP contribution in [0.5, 0.6) is 0 Å². The van der Waals surface area contributed by atoms with Gasteiger partial charge in [0.05, 0.1) is 5.69 Å². The molecule has 0 atom stereocenters. The van der Waals surface area contributed by atoms with Gasteiger partial charge >= 0.3 is 0 Å². The first kappa shape index (κ1) is 29.0. The van der Waals surface area contributed by atoms with Crippen LogP contribution < -0.4 is 0 Å². The summed E-state index contributed by atoms with van der Waals surface area (Å²) in [5.74, 6) is 0. The zero-order valence-corrected chi connectivity index (χ0v) is 18.4. The van der Waals surface area contributed by atoms with Gasteiger partial charge in [-0.25, -0.2) is 19.9 Å². The maximum Gasteiger partial charge on any atom is 0.115 e. The SMILES string of the molecule is CC.CC.CC.Cc1ccncn1.Cc1cnccn1.Cc1cncnc1. The lowest BCUT2D eigenvalue weighted by molar-refractivity contribution is 1.10. The predicted molar refractivity (Wildman–Crippen MR) is 114 cm³/mol. The van der Waals surface area contributed by atoms with Gasteiger partial charge in [0.2, 0.25) is 0 Å². The number of hydrogen-bond donors (Lipinski definition) is 0. The highest BCUT2D eigenvalue weighted by Crippen LogP contribution is 1.84. The molecule has 0 aliphatic heterocycles. The average Bonchev–Trinajstić information content (AvgIpc) is 2.75. The van der Waals surface area contributed by atoms with E-state index in [9.17, 15) is 0 Å². The minimum Gasteiger partial charge on any atom is -0.261 e. The molecule has 150 valence electrons. The lowest BCUT2D eigenvalue weighted by Crippen LogP contribution is -1.77. The molecule has 3 aromatic rings. The molecule has 3 heterocycles. The van der Waals surface area contributed by atoms with Crippen molar-refractivity contribution in [2.45, 2.75) is 62.3 Å². The van der Waals surface area contributed by atoms with Crippen LogP contribution in [0.15, 0.2) is 55.9 Å². The van der Waals surface area contributed by atoms with Gasteiger partial charge in [0.15, 0.2) is 0 Å². The molecule has 27 heavy (non-hydrogen) atoms. The smallest absolute Gasteiger partial charge is 0.115 e. The third-order valence-corrected chi connectivity index (χ3v) is 2.11. The van der Waals surface area contributed by atoms with Crippen LogP contribution in [0.3, 0.4) is 0 Å². The fraction of sp³-hybridized carbons (Fsp3) is 0.429. The van der Waals surface area contributed by atoms with E-state index in [4.69, 9.17) is 0 Å². The zero-order chi connectivity index (χ0) is 21.3. The van der Waals surface area contributed by atoms with E-state index in [1.807, 2.05) is 68.4 Å². The molecule has 6 heteroatoms. The van der Waals surface area contributed by atoms with Crippen LogP contribution in [0.2, 0.25) is 0 Å². The number of rotatable bonds is 0. The van der Waals surface area contributed by atoms with Gasteiger partial charge in [-0.15, -0.1) is 0 Å². The van der Waals surface area contributed by atoms with E-state index in [0.717, 1.165) is 17.0 Å². The molecule has 0 saturated heterocycles. The summed E-state index contributed by atoms with van der Waals surface area (Å²) in [4.78, 5) is 22.9. The third kappa shape index (κ3) is 23.2. The van der Waals surface area contributed by atoms with Gasteiger partial charge in [0.25, 0.3) is 0 Å². The first-order chi connectivity index (χ1) is 13.2. The van der Waals surface area contributed by atoms with E-state index in [-0.39, 0.29) is 0 Å². The Labute approximate surface area is 165 Å². The Hall–Kier alpha value is -2.76. The minimum absolute atomic E-state index is 0.961. The Balaban J connectivity index is -0.000000281. The topological polar surface area (TPSA) is 77.3 Å². The van der Waals surface area contributed by atoms with E-state index in [1.165, 1.54) is 12.7 Å². The van der Waals surface area contributed by atoms with Gasteiger partial charge < -0.3 is 0 Å². The summed E-state index contributed by atoms with van der Waals surface area (Å²) in [7, 11) is 0. The van der Waals surface area contributed by atoms with Crippen molar-refractivity contribution in [3.63, 3.8) is 0 Å². The molecule has 0 aliphatic rings. The fourth-order valence-electron chi connectivity index (χ4n) is 1.10. The fourth-order valence-corrected chi connectivity index (χ4v) is 1.10. The van der Waals surface area contributed by atoms with Crippen molar-refractivity contribution in [3.05, 3.63) is 72.9 Å². The van der Waals surface area contributed by atoms with Crippen molar-refractivity contribution in [1.29, 1.82) is 0 Å². The summed E-state index contributed by atoms with van der Waals surface area (Å²) in [5, 5.41) is 0. The highest BCUT2D eigenvalue weighted by Gasteiger charge is 1.75. The van der Waals surface area contributed by atoms with Crippen LogP contribution in [0.1, 0.15) is 58.5 Å². The first-order valence-electron chi connectivity index (χ1n) is 9.35. The van der Waals surface area contributed by atoms with Crippen molar-refractivity contribution < 1.29 is 0 Å². The summed E-state index contributed by atoms with van der Waals surface area (Å²) < 4.78 is 0. The molecule has 6 nitrogen and oxygen atoms in total. The van der Waals surface area contributed by atoms with Gasteiger partial charge in [0.1, 0.15) is 12.7 Å². The maximum atomic E-state index is 3.92. The van der Waals surface area contributed by atoms with Crippen LogP contribution >= 0.6 is 0 Å². The molecule has 0 spiro atoms. The number of aryl methyl sites for hydroxylation is 3. The average molecular weight is 373 g/mol. The van der Waals surface area contributed by atoms with E-state index in [0.29, 0.717) is 0 Å². The van der Waals surface area contributed by atoms with Gasteiger partial charge in [-0.3, -0.25) is 9.97 Å². The first-order valence-corrected chi connectivity index (χ1v) is 9.35. The second-order valence-corrected chi connectivity index (χ2v) is 4.11. The minimum atomic E-state index is 0.961. The molecule has 0 N–H and O–H groups in total. The van der Waals surface area contributed by atoms with Crippen LogP contribution in [0.25, 0.3) is 0 Å². The van der Waals surface area contributed by atoms with E-state index >= 15 is 0 Å². The van der Waals surface area contributed by atoms with Crippen LogP contribution in [-0.2, 0) is 0 Å². The highest BCUT2D eigenvalue weighted by atomic mass is 14.8. The Morgan fingerprint density at radius 3 is 1.33 bits per heavy atom. The normalized spacial score (nSPS) is 7.44. The van der Waals surface area contributed by atoms with Crippen LogP contribution in [0, 0.1) is 20.8 Å². The molecule has 3 aromatic heterocycles. The van der Waals surface area contributed by atoms with Crippen molar-refractivity contribution in [3.8, 4) is 0 Å². The summed E-state index contributed by atoms with van der Waals surface area (Å²) >= 11 is 0. The van der Waals surface area contributed by atoms with E-state index < -0.39 is 0 Å². The Morgan fingerprint density at radius 1 is 0.519 bits per heavy atom. The molecular weight excluding hydrogens is 336 g/mol. The van der Waals surface area contributed by atoms with Gasteiger partial charge in [-0.1, -0.05) is 41.5 Å². The summed E-state index contributed by atoms with van der Waals surface area (Å²) in [6, 6.07) is 1.86. The molecule has 0 aliphatic carbocycles. The quantitative estimate of drug-likeness (QED) is 0.523. The third-order valence-electron chi connectivity index (χ3n) is 2.11. The van der Waals surface area contributed by atoms with E-state index in [1.54, 1.807) is 37.2 Å². The van der Waals surface area contributed by atoms with Gasteiger partial charge in [-0.2, -0.15) is 0 Å². The second-order valence-electron chi connectivity index (χ2n) is 4.11. The lowest BCUT2D eigenvalue weighted by Gasteiger charge is -1.81. The van der Waals surface area contributed by atoms with Crippen molar-refractivity contribution in [2.24, 2.45) is 0 Å². The Morgan fingerprint density at radius 2 is 1.11 bits per heavy atom. The molecule has 0 saturated carbocycles. The summed E-state index contributed by atoms with van der Waals surface area (Å²) in [6.45, 7) is 17.8.